The third kappa shape index (κ3) is 4.94. The standard InChI is InChI=1S/C27H26FNO3/c1-17(2)27-23(13-12-22-14-21(30)15-26(31)32-22)24(18-8-10-20(28)11-9-18)16-25(29-27)19-6-4-3-5-7-19/h3-13,16-17,21-22,30H,14-15H2,1-2H3/b13-12+/t21?,22-/m1/s1. The maximum Gasteiger partial charge on any atom is 0.309 e. The van der Waals surface area contributed by atoms with Gasteiger partial charge in [0.25, 0.3) is 0 Å². The van der Waals surface area contributed by atoms with Crippen molar-refractivity contribution in [3.8, 4) is 22.4 Å². The molecule has 2 atom stereocenters. The smallest absolute Gasteiger partial charge is 0.309 e. The first-order valence-electron chi connectivity index (χ1n) is 10.8. The minimum atomic E-state index is -0.703. The predicted octanol–water partition coefficient (Wildman–Crippen LogP) is 5.76. The summed E-state index contributed by atoms with van der Waals surface area (Å²) < 4.78 is 19.0. The highest BCUT2D eigenvalue weighted by Gasteiger charge is 2.25. The quantitative estimate of drug-likeness (QED) is 0.522. The first kappa shape index (κ1) is 21.9. The van der Waals surface area contributed by atoms with Crippen LogP contribution in [-0.4, -0.2) is 28.3 Å². The van der Waals surface area contributed by atoms with Crippen LogP contribution in [0.25, 0.3) is 28.5 Å². The molecule has 0 aliphatic carbocycles. The fourth-order valence-corrected chi connectivity index (χ4v) is 3.95. The molecule has 0 radical (unpaired) electrons. The Morgan fingerprint density at radius 2 is 1.81 bits per heavy atom. The Morgan fingerprint density at radius 3 is 2.47 bits per heavy atom. The number of aliphatic hydroxyl groups is 1. The molecule has 1 aliphatic heterocycles. The van der Waals surface area contributed by atoms with Crippen LogP contribution in [-0.2, 0) is 9.53 Å². The number of hydrogen-bond acceptors (Lipinski definition) is 4. The van der Waals surface area contributed by atoms with Crippen LogP contribution in [0.4, 0.5) is 4.39 Å². The van der Waals surface area contributed by atoms with Crippen LogP contribution in [0.15, 0.2) is 66.7 Å². The fraction of sp³-hybridized carbons (Fsp3) is 0.259. The lowest BCUT2D eigenvalue weighted by molar-refractivity contribution is -0.156. The van der Waals surface area contributed by atoms with Crippen LogP contribution in [0.1, 0.15) is 43.9 Å². The number of halogens is 1. The van der Waals surface area contributed by atoms with Gasteiger partial charge < -0.3 is 9.84 Å². The van der Waals surface area contributed by atoms with E-state index < -0.39 is 18.2 Å². The van der Waals surface area contributed by atoms with E-state index in [1.54, 1.807) is 18.2 Å². The van der Waals surface area contributed by atoms with Gasteiger partial charge in [0.15, 0.2) is 0 Å². The van der Waals surface area contributed by atoms with Gasteiger partial charge in [-0.1, -0.05) is 62.4 Å². The molecule has 1 aliphatic rings. The second-order valence-corrected chi connectivity index (χ2v) is 8.36. The van der Waals surface area contributed by atoms with Crippen molar-refractivity contribution in [1.29, 1.82) is 0 Å². The van der Waals surface area contributed by atoms with E-state index in [0.29, 0.717) is 6.42 Å². The van der Waals surface area contributed by atoms with E-state index >= 15 is 0 Å². The molecule has 0 saturated carbocycles. The number of cyclic esters (lactones) is 1. The van der Waals surface area contributed by atoms with Crippen LogP contribution in [0, 0.1) is 5.82 Å². The zero-order valence-corrected chi connectivity index (χ0v) is 18.2. The summed E-state index contributed by atoms with van der Waals surface area (Å²) in [6.45, 7) is 4.15. The van der Waals surface area contributed by atoms with Gasteiger partial charge in [-0.25, -0.2) is 4.39 Å². The van der Waals surface area contributed by atoms with E-state index in [-0.39, 0.29) is 18.2 Å². The minimum Gasteiger partial charge on any atom is -0.458 e. The summed E-state index contributed by atoms with van der Waals surface area (Å²) in [6, 6.07) is 18.3. The summed E-state index contributed by atoms with van der Waals surface area (Å²) in [5.74, 6) is -0.578. The molecule has 4 rings (SSSR count). The molecule has 0 spiro atoms. The van der Waals surface area contributed by atoms with E-state index in [2.05, 4.69) is 13.8 Å². The predicted molar refractivity (Wildman–Crippen MR) is 123 cm³/mol. The first-order valence-corrected chi connectivity index (χ1v) is 10.8. The van der Waals surface area contributed by atoms with E-state index in [1.165, 1.54) is 12.1 Å². The maximum absolute atomic E-state index is 13.6. The Balaban J connectivity index is 1.85. The second-order valence-electron chi connectivity index (χ2n) is 8.36. The number of pyridine rings is 1. The Morgan fingerprint density at radius 1 is 1.09 bits per heavy atom. The molecule has 0 amide bonds. The number of carbonyl (C=O) groups excluding carboxylic acids is 1. The second kappa shape index (κ2) is 9.45. The van der Waals surface area contributed by atoms with Crippen molar-refractivity contribution >= 4 is 12.0 Å². The number of esters is 1. The molecule has 1 N–H and O–H groups in total. The molecular formula is C27H26FNO3. The van der Waals surface area contributed by atoms with Gasteiger partial charge in [0.05, 0.1) is 23.9 Å². The number of carbonyl (C=O) groups is 1. The summed E-state index contributed by atoms with van der Waals surface area (Å²) in [5.41, 5.74) is 5.41. The molecule has 3 aromatic rings. The fourth-order valence-electron chi connectivity index (χ4n) is 3.95. The molecule has 1 fully saturated rings. The molecule has 1 saturated heterocycles. The normalized spacial score (nSPS) is 18.8. The van der Waals surface area contributed by atoms with Crippen molar-refractivity contribution in [2.24, 2.45) is 0 Å². The Labute approximate surface area is 187 Å². The molecule has 5 heteroatoms. The zero-order chi connectivity index (χ0) is 22.7. The third-order valence-corrected chi connectivity index (χ3v) is 5.53. The van der Waals surface area contributed by atoms with E-state index in [0.717, 1.165) is 33.6 Å². The average molecular weight is 432 g/mol. The Kier molecular flexibility index (Phi) is 6.47. The Hall–Kier alpha value is -3.31. The summed E-state index contributed by atoms with van der Waals surface area (Å²) in [7, 11) is 0. The van der Waals surface area contributed by atoms with Gasteiger partial charge in [0.2, 0.25) is 0 Å². The summed E-state index contributed by atoms with van der Waals surface area (Å²) in [6.07, 6.45) is 2.90. The largest absolute Gasteiger partial charge is 0.458 e. The average Bonchev–Trinajstić information content (AvgIpc) is 2.77. The van der Waals surface area contributed by atoms with Crippen LogP contribution < -0.4 is 0 Å². The van der Waals surface area contributed by atoms with Crippen molar-refractivity contribution in [3.05, 3.63) is 83.8 Å². The van der Waals surface area contributed by atoms with E-state index in [4.69, 9.17) is 9.72 Å². The van der Waals surface area contributed by atoms with Gasteiger partial charge in [-0.3, -0.25) is 9.78 Å². The van der Waals surface area contributed by atoms with Crippen molar-refractivity contribution in [2.45, 2.75) is 44.8 Å². The van der Waals surface area contributed by atoms with Crippen molar-refractivity contribution < 1.29 is 19.0 Å². The number of aliphatic hydroxyl groups excluding tert-OH is 1. The molecule has 0 bridgehead atoms. The lowest BCUT2D eigenvalue weighted by atomic mass is 9.91. The van der Waals surface area contributed by atoms with Crippen LogP contribution in [0.5, 0.6) is 0 Å². The van der Waals surface area contributed by atoms with E-state index in [1.807, 2.05) is 42.5 Å². The van der Waals surface area contributed by atoms with Crippen LogP contribution in [0.2, 0.25) is 0 Å². The molecule has 1 aromatic heterocycles. The molecule has 2 aromatic carbocycles. The highest BCUT2D eigenvalue weighted by Crippen LogP contribution is 2.34. The summed E-state index contributed by atoms with van der Waals surface area (Å²) >= 11 is 0. The number of rotatable bonds is 5. The van der Waals surface area contributed by atoms with Crippen LogP contribution >= 0.6 is 0 Å². The maximum atomic E-state index is 13.6. The molecule has 164 valence electrons. The van der Waals surface area contributed by atoms with Crippen molar-refractivity contribution in [3.63, 3.8) is 0 Å². The van der Waals surface area contributed by atoms with Gasteiger partial charge in [-0.05, 0) is 41.3 Å². The van der Waals surface area contributed by atoms with Gasteiger partial charge in [0.1, 0.15) is 11.9 Å². The van der Waals surface area contributed by atoms with Gasteiger partial charge in [-0.2, -0.15) is 0 Å². The van der Waals surface area contributed by atoms with Gasteiger partial charge in [0, 0.05) is 17.5 Å². The molecule has 32 heavy (non-hydrogen) atoms. The summed E-state index contributed by atoms with van der Waals surface area (Å²) in [5, 5.41) is 9.93. The SMILES string of the molecule is CC(C)c1nc(-c2ccccc2)cc(-c2ccc(F)cc2)c1/C=C/[C@@H]1CC(O)CC(=O)O1. The van der Waals surface area contributed by atoms with Crippen LogP contribution in [0.3, 0.4) is 0 Å². The molecular weight excluding hydrogens is 405 g/mol. The lowest BCUT2D eigenvalue weighted by Crippen LogP contribution is -2.31. The molecule has 1 unspecified atom stereocenters. The number of ether oxygens (including phenoxy) is 1. The van der Waals surface area contributed by atoms with E-state index in [9.17, 15) is 14.3 Å². The van der Waals surface area contributed by atoms with Crippen molar-refractivity contribution in [1.82, 2.24) is 4.98 Å². The first-order chi connectivity index (χ1) is 15.4. The number of benzene rings is 2. The van der Waals surface area contributed by atoms with Gasteiger partial charge >= 0.3 is 5.97 Å². The molecule has 4 nitrogen and oxygen atoms in total. The minimum absolute atomic E-state index is 0.0236. The monoisotopic (exact) mass is 431 g/mol. The van der Waals surface area contributed by atoms with Crippen molar-refractivity contribution in [2.75, 3.05) is 0 Å². The number of aromatic nitrogens is 1. The van der Waals surface area contributed by atoms with Gasteiger partial charge in [-0.15, -0.1) is 0 Å². The topological polar surface area (TPSA) is 59.4 Å². The third-order valence-electron chi connectivity index (χ3n) is 5.53. The lowest BCUT2D eigenvalue weighted by Gasteiger charge is -2.24. The molecule has 2 heterocycles. The number of hydrogen-bond donors (Lipinski definition) is 1. The highest BCUT2D eigenvalue weighted by molar-refractivity contribution is 5.81. The summed E-state index contributed by atoms with van der Waals surface area (Å²) in [4.78, 5) is 16.7. The highest BCUT2D eigenvalue weighted by atomic mass is 19.1. The Bertz CT molecular complexity index is 1120. The zero-order valence-electron chi connectivity index (χ0n) is 18.2. The number of nitrogens with zero attached hydrogens (tertiary/aromatic N) is 1.